The Balaban J connectivity index is 1.41. The van der Waals surface area contributed by atoms with Crippen molar-refractivity contribution >= 4 is 34.4 Å². The molecule has 1 aromatic carbocycles. The summed E-state index contributed by atoms with van der Waals surface area (Å²) in [5.41, 5.74) is 3.80. The van der Waals surface area contributed by atoms with Crippen molar-refractivity contribution < 1.29 is 14.2 Å². The van der Waals surface area contributed by atoms with Crippen LogP contribution in [0.3, 0.4) is 0 Å². The zero-order valence-electron chi connectivity index (χ0n) is 19.3. The summed E-state index contributed by atoms with van der Waals surface area (Å²) in [5.74, 6) is 0.698. The quantitative estimate of drug-likeness (QED) is 0.420. The first-order valence-corrected chi connectivity index (χ1v) is 12.9. The van der Waals surface area contributed by atoms with Gasteiger partial charge in [0.1, 0.15) is 18.6 Å². The maximum Gasteiger partial charge on any atom is 0.163 e. The molecule has 2 atom stereocenters. The monoisotopic (exact) mass is 490 g/mol. The van der Waals surface area contributed by atoms with E-state index in [0.717, 1.165) is 34.5 Å². The second-order valence-corrected chi connectivity index (χ2v) is 9.93. The molecule has 2 unspecified atom stereocenters. The van der Waals surface area contributed by atoms with Crippen LogP contribution in [0.25, 0.3) is 11.0 Å². The van der Waals surface area contributed by atoms with Crippen molar-refractivity contribution in [3.05, 3.63) is 59.1 Å². The van der Waals surface area contributed by atoms with E-state index in [4.69, 9.17) is 25.8 Å². The molecule has 178 valence electrons. The van der Waals surface area contributed by atoms with Crippen LogP contribution in [-0.2, 0) is 34.1 Å². The molecule has 0 saturated carbocycles. The molecular weight excluding hydrogens is 460 g/mol. The molecule has 0 amide bonds. The molecule has 33 heavy (non-hydrogen) atoms. The number of thioether (sulfide) groups is 1. The van der Waals surface area contributed by atoms with Gasteiger partial charge in [0.15, 0.2) is 10.9 Å². The van der Waals surface area contributed by atoms with Gasteiger partial charge in [-0.25, -0.2) is 9.97 Å². The molecule has 3 aromatic rings. The number of rotatable bonds is 10. The van der Waals surface area contributed by atoms with E-state index in [1.807, 2.05) is 54.9 Å². The Hall–Kier alpha value is -1.68. The number of hydrogen-bond acceptors (Lipinski definition) is 7. The number of nitrogens with zero attached hydrogens (tertiary/aromatic N) is 3. The normalized spacial score (nSPS) is 20.4. The minimum atomic E-state index is -0.530. The summed E-state index contributed by atoms with van der Waals surface area (Å²) in [4.78, 5) is 8.66. The molecule has 0 radical (unpaired) electrons. The van der Waals surface area contributed by atoms with Crippen LogP contribution < -0.4 is 5.32 Å². The fourth-order valence-electron chi connectivity index (χ4n) is 4.05. The highest BCUT2D eigenvalue weighted by molar-refractivity contribution is 7.98. The largest absolute Gasteiger partial charge is 0.356 e. The second kappa shape index (κ2) is 11.2. The van der Waals surface area contributed by atoms with Crippen LogP contribution in [0.5, 0.6) is 0 Å². The number of halogens is 1. The topological polar surface area (TPSA) is 70.4 Å². The SMILES string of the molecule is CSCC1OC(C)(C)OCC1CNCc1cn(COCc2ccccc2)c2c(Cl)ncnc12. The Kier molecular flexibility index (Phi) is 8.27. The standard InChI is InChI=1S/C24H31ClN4O3S/c1-24(2)31-13-19(20(32-24)14-33-3)10-26-9-18-11-29(22-21(18)27-15-28-23(22)25)16-30-12-17-7-5-4-6-8-17/h4-8,11,15,19-20,26H,9-10,12-14,16H2,1-3H3. The highest BCUT2D eigenvalue weighted by Crippen LogP contribution is 2.28. The van der Waals surface area contributed by atoms with Crippen molar-refractivity contribution in [1.29, 1.82) is 0 Å². The number of nitrogens with one attached hydrogen (secondary N) is 1. The van der Waals surface area contributed by atoms with Crippen LogP contribution in [-0.4, -0.2) is 51.6 Å². The van der Waals surface area contributed by atoms with Crippen LogP contribution in [0.15, 0.2) is 42.9 Å². The summed E-state index contributed by atoms with van der Waals surface area (Å²) < 4.78 is 20.0. The summed E-state index contributed by atoms with van der Waals surface area (Å²) in [6.07, 6.45) is 5.80. The number of aromatic nitrogens is 3. The third-order valence-electron chi connectivity index (χ3n) is 5.68. The lowest BCUT2D eigenvalue weighted by Gasteiger charge is -2.41. The van der Waals surface area contributed by atoms with Crippen molar-refractivity contribution in [3.63, 3.8) is 0 Å². The molecule has 1 aliphatic rings. The number of benzene rings is 1. The van der Waals surface area contributed by atoms with Gasteiger partial charge in [-0.3, -0.25) is 0 Å². The average Bonchev–Trinajstić information content (AvgIpc) is 3.15. The molecule has 3 heterocycles. The molecule has 0 bridgehead atoms. The van der Waals surface area contributed by atoms with Gasteiger partial charge in [0, 0.05) is 36.5 Å². The number of ether oxygens (including phenoxy) is 3. The lowest BCUT2D eigenvalue weighted by Crippen LogP contribution is -2.49. The Morgan fingerprint density at radius 1 is 1.27 bits per heavy atom. The Morgan fingerprint density at radius 3 is 2.88 bits per heavy atom. The first kappa shape index (κ1) is 24.4. The van der Waals surface area contributed by atoms with Gasteiger partial charge in [-0.05, 0) is 25.7 Å². The molecule has 0 aliphatic carbocycles. The van der Waals surface area contributed by atoms with Crippen LogP contribution in [0, 0.1) is 5.92 Å². The average molecular weight is 491 g/mol. The van der Waals surface area contributed by atoms with E-state index >= 15 is 0 Å². The van der Waals surface area contributed by atoms with E-state index in [-0.39, 0.29) is 12.0 Å². The van der Waals surface area contributed by atoms with Gasteiger partial charge in [0.05, 0.1) is 24.8 Å². The third kappa shape index (κ3) is 6.26. The van der Waals surface area contributed by atoms with Crippen molar-refractivity contribution in [3.8, 4) is 0 Å². The Bertz CT molecular complexity index is 1050. The zero-order chi connectivity index (χ0) is 23.3. The van der Waals surface area contributed by atoms with Crippen molar-refractivity contribution in [2.24, 2.45) is 5.92 Å². The Morgan fingerprint density at radius 2 is 2.09 bits per heavy atom. The fourth-order valence-corrected chi connectivity index (χ4v) is 4.97. The minimum Gasteiger partial charge on any atom is -0.356 e. The summed E-state index contributed by atoms with van der Waals surface area (Å²) in [7, 11) is 0. The molecule has 1 aliphatic heterocycles. The molecule has 7 nitrogen and oxygen atoms in total. The van der Waals surface area contributed by atoms with E-state index in [9.17, 15) is 0 Å². The van der Waals surface area contributed by atoms with Gasteiger partial charge in [-0.1, -0.05) is 41.9 Å². The zero-order valence-corrected chi connectivity index (χ0v) is 20.9. The van der Waals surface area contributed by atoms with Crippen molar-refractivity contribution in [2.45, 2.75) is 45.6 Å². The maximum absolute atomic E-state index is 6.42. The minimum absolute atomic E-state index is 0.153. The Labute approximate surface area is 204 Å². The number of hydrogen-bond donors (Lipinski definition) is 1. The van der Waals surface area contributed by atoms with Gasteiger partial charge >= 0.3 is 0 Å². The first-order valence-electron chi connectivity index (χ1n) is 11.1. The van der Waals surface area contributed by atoms with Crippen molar-refractivity contribution in [1.82, 2.24) is 19.9 Å². The number of fused-ring (bicyclic) bond motifs is 1. The predicted molar refractivity (Wildman–Crippen MR) is 132 cm³/mol. The molecule has 1 N–H and O–H groups in total. The smallest absolute Gasteiger partial charge is 0.163 e. The van der Waals surface area contributed by atoms with Gasteiger partial charge in [0.25, 0.3) is 0 Å². The van der Waals surface area contributed by atoms with Crippen LogP contribution in [0.4, 0.5) is 0 Å². The molecule has 4 rings (SSSR count). The highest BCUT2D eigenvalue weighted by atomic mass is 35.5. The predicted octanol–water partition coefficient (Wildman–Crippen LogP) is 4.48. The van der Waals surface area contributed by atoms with Gasteiger partial charge in [0.2, 0.25) is 0 Å². The summed E-state index contributed by atoms with van der Waals surface area (Å²) in [6, 6.07) is 10.1. The van der Waals surface area contributed by atoms with E-state index in [2.05, 4.69) is 21.5 Å². The van der Waals surface area contributed by atoms with Gasteiger partial charge in [-0.15, -0.1) is 0 Å². The van der Waals surface area contributed by atoms with E-state index in [1.54, 1.807) is 11.8 Å². The molecule has 1 fully saturated rings. The summed E-state index contributed by atoms with van der Waals surface area (Å²) in [6.45, 7) is 6.96. The second-order valence-electron chi connectivity index (χ2n) is 8.66. The van der Waals surface area contributed by atoms with Crippen LogP contribution in [0.2, 0.25) is 5.15 Å². The molecule has 2 aromatic heterocycles. The van der Waals surface area contributed by atoms with E-state index < -0.39 is 5.79 Å². The molecule has 1 saturated heterocycles. The van der Waals surface area contributed by atoms with E-state index in [1.165, 1.54) is 6.33 Å². The van der Waals surface area contributed by atoms with Crippen LogP contribution >= 0.6 is 23.4 Å². The molecule has 9 heteroatoms. The van der Waals surface area contributed by atoms with Gasteiger partial charge in [-0.2, -0.15) is 11.8 Å². The lowest BCUT2D eigenvalue weighted by atomic mass is 10.0. The first-order chi connectivity index (χ1) is 16.0. The fraction of sp³-hybridized carbons (Fsp3) is 0.500. The molecular formula is C24H31ClN4O3S. The highest BCUT2D eigenvalue weighted by Gasteiger charge is 2.35. The van der Waals surface area contributed by atoms with Crippen LogP contribution in [0.1, 0.15) is 25.0 Å². The van der Waals surface area contributed by atoms with E-state index in [0.29, 0.717) is 31.6 Å². The summed E-state index contributed by atoms with van der Waals surface area (Å²) >= 11 is 8.22. The lowest BCUT2D eigenvalue weighted by molar-refractivity contribution is -0.286. The van der Waals surface area contributed by atoms with Crippen molar-refractivity contribution in [2.75, 3.05) is 25.2 Å². The third-order valence-corrected chi connectivity index (χ3v) is 6.62. The maximum atomic E-state index is 6.42. The summed E-state index contributed by atoms with van der Waals surface area (Å²) in [5, 5.41) is 3.99. The van der Waals surface area contributed by atoms with Gasteiger partial charge < -0.3 is 24.1 Å². The molecule has 0 spiro atoms.